The van der Waals surface area contributed by atoms with Gasteiger partial charge in [-0.05, 0) is 12.1 Å². The van der Waals surface area contributed by atoms with Gasteiger partial charge in [-0.1, -0.05) is 6.07 Å². The van der Waals surface area contributed by atoms with Gasteiger partial charge in [-0.15, -0.1) is 0 Å². The van der Waals surface area contributed by atoms with Crippen LogP contribution in [0.3, 0.4) is 0 Å². The molecule has 0 aliphatic carbocycles. The van der Waals surface area contributed by atoms with E-state index in [1.807, 2.05) is 0 Å². The number of carbonyl (C=O) groups is 3. The molecule has 0 saturated heterocycles. The molecule has 0 radical (unpaired) electrons. The molecule has 1 aromatic heterocycles. The first-order chi connectivity index (χ1) is 10.3. The molecule has 22 heavy (non-hydrogen) atoms. The van der Waals surface area contributed by atoms with E-state index in [0.29, 0.717) is 0 Å². The number of amides is 3. The van der Waals surface area contributed by atoms with E-state index in [1.165, 1.54) is 25.0 Å². The molecular formula is C14H20N4O4. The molecule has 1 unspecified atom stereocenters. The van der Waals surface area contributed by atoms with Crippen molar-refractivity contribution in [3.05, 3.63) is 23.9 Å². The highest BCUT2D eigenvalue weighted by molar-refractivity contribution is 5.97. The number of hydrogen-bond donors (Lipinski definition) is 2. The minimum absolute atomic E-state index is 0.0497. The lowest BCUT2D eigenvalue weighted by atomic mass is 10.2. The first kappa shape index (κ1) is 17.6. The maximum atomic E-state index is 12.2. The summed E-state index contributed by atoms with van der Waals surface area (Å²) in [6.45, 7) is 1.40. The summed E-state index contributed by atoms with van der Waals surface area (Å²) >= 11 is 0. The Morgan fingerprint density at radius 2 is 2.00 bits per heavy atom. The van der Waals surface area contributed by atoms with E-state index in [-0.39, 0.29) is 29.9 Å². The quantitative estimate of drug-likeness (QED) is 0.762. The number of rotatable bonds is 6. The molecule has 120 valence electrons. The Labute approximate surface area is 128 Å². The topological polar surface area (TPSA) is 101 Å². The van der Waals surface area contributed by atoms with Crippen molar-refractivity contribution in [3.8, 4) is 0 Å². The first-order valence-electron chi connectivity index (χ1n) is 6.60. The summed E-state index contributed by atoms with van der Waals surface area (Å²) in [5.41, 5.74) is 0.0962. The van der Waals surface area contributed by atoms with Crippen LogP contribution < -0.4 is 10.6 Å². The average molecular weight is 308 g/mol. The zero-order chi connectivity index (χ0) is 16.7. The Hall–Kier alpha value is -2.48. The number of aromatic nitrogens is 1. The molecule has 8 nitrogen and oxygen atoms in total. The second-order valence-corrected chi connectivity index (χ2v) is 4.80. The zero-order valence-corrected chi connectivity index (χ0v) is 13.0. The number of nitrogens with zero attached hydrogens (tertiary/aromatic N) is 2. The van der Waals surface area contributed by atoms with Gasteiger partial charge < -0.3 is 20.3 Å². The Kier molecular flexibility index (Phi) is 6.46. The predicted octanol–water partition coefficient (Wildman–Crippen LogP) is -0.127. The molecule has 8 heteroatoms. The van der Waals surface area contributed by atoms with Crippen molar-refractivity contribution >= 4 is 23.5 Å². The number of nitrogens with one attached hydrogen (secondary N) is 2. The van der Waals surface area contributed by atoms with E-state index >= 15 is 0 Å². The Balaban J connectivity index is 2.85. The molecule has 0 bridgehead atoms. The molecule has 0 spiro atoms. The van der Waals surface area contributed by atoms with Gasteiger partial charge in [0.05, 0.1) is 6.61 Å². The van der Waals surface area contributed by atoms with Crippen molar-refractivity contribution in [3.63, 3.8) is 0 Å². The molecule has 0 fully saturated rings. The predicted molar refractivity (Wildman–Crippen MR) is 80.4 cm³/mol. The molecular weight excluding hydrogens is 288 g/mol. The van der Waals surface area contributed by atoms with Crippen molar-refractivity contribution in [2.24, 2.45) is 0 Å². The van der Waals surface area contributed by atoms with E-state index < -0.39 is 11.9 Å². The van der Waals surface area contributed by atoms with E-state index in [4.69, 9.17) is 4.74 Å². The number of anilines is 1. The molecule has 3 amide bonds. The fraction of sp³-hybridized carbons (Fsp3) is 0.429. The third-order valence-corrected chi connectivity index (χ3v) is 2.66. The van der Waals surface area contributed by atoms with Crippen LogP contribution >= 0.6 is 0 Å². The number of methoxy groups -OCH3 is 1. The molecule has 0 aromatic carbocycles. The Morgan fingerprint density at radius 3 is 2.55 bits per heavy atom. The molecule has 1 rings (SSSR count). The van der Waals surface area contributed by atoms with Gasteiger partial charge >= 0.3 is 0 Å². The molecule has 1 heterocycles. The van der Waals surface area contributed by atoms with Gasteiger partial charge in [0.1, 0.15) is 17.6 Å². The monoisotopic (exact) mass is 308 g/mol. The van der Waals surface area contributed by atoms with Crippen molar-refractivity contribution in [2.45, 2.75) is 13.0 Å². The third kappa shape index (κ3) is 5.13. The second kappa shape index (κ2) is 8.08. The van der Waals surface area contributed by atoms with Crippen molar-refractivity contribution in [1.82, 2.24) is 15.2 Å². The molecule has 2 N–H and O–H groups in total. The summed E-state index contributed by atoms with van der Waals surface area (Å²) in [6, 6.07) is 3.84. The fourth-order valence-electron chi connectivity index (χ4n) is 1.70. The third-order valence-electron chi connectivity index (χ3n) is 2.66. The maximum absolute atomic E-state index is 12.2. The van der Waals surface area contributed by atoms with Crippen LogP contribution in [0.15, 0.2) is 18.2 Å². The van der Waals surface area contributed by atoms with E-state index in [1.54, 1.807) is 26.2 Å². The van der Waals surface area contributed by atoms with Crippen LogP contribution in [-0.4, -0.2) is 61.5 Å². The highest BCUT2D eigenvalue weighted by atomic mass is 16.5. The average Bonchev–Trinajstić information content (AvgIpc) is 2.45. The van der Waals surface area contributed by atoms with Crippen LogP contribution in [0, 0.1) is 0 Å². The minimum Gasteiger partial charge on any atom is -0.382 e. The largest absolute Gasteiger partial charge is 0.382 e. The van der Waals surface area contributed by atoms with Gasteiger partial charge in [-0.3, -0.25) is 14.4 Å². The summed E-state index contributed by atoms with van der Waals surface area (Å²) in [7, 11) is 4.62. The SMILES string of the molecule is COCC(NC(=O)c1cccc(NC(C)=O)n1)C(=O)N(C)C. The highest BCUT2D eigenvalue weighted by Gasteiger charge is 2.23. The molecule has 0 aliphatic rings. The van der Waals surface area contributed by atoms with Crippen molar-refractivity contribution < 1.29 is 19.1 Å². The molecule has 0 saturated carbocycles. The van der Waals surface area contributed by atoms with Gasteiger partial charge in [0.25, 0.3) is 5.91 Å². The van der Waals surface area contributed by atoms with Crippen LogP contribution in [0.25, 0.3) is 0 Å². The number of pyridine rings is 1. The number of ether oxygens (including phenoxy) is 1. The zero-order valence-electron chi connectivity index (χ0n) is 13.0. The molecule has 0 aliphatic heterocycles. The van der Waals surface area contributed by atoms with E-state index in [2.05, 4.69) is 15.6 Å². The number of likely N-dealkylation sites (N-methyl/N-ethyl adjacent to an activating group) is 1. The normalized spacial score (nSPS) is 11.5. The van der Waals surface area contributed by atoms with Crippen LogP contribution in [-0.2, 0) is 14.3 Å². The fourth-order valence-corrected chi connectivity index (χ4v) is 1.70. The first-order valence-corrected chi connectivity index (χ1v) is 6.60. The lowest BCUT2D eigenvalue weighted by Gasteiger charge is -2.20. The van der Waals surface area contributed by atoms with Gasteiger partial charge in [0, 0.05) is 28.1 Å². The maximum Gasteiger partial charge on any atom is 0.270 e. The smallest absolute Gasteiger partial charge is 0.270 e. The molecule has 1 aromatic rings. The van der Waals surface area contributed by atoms with Crippen LogP contribution in [0.5, 0.6) is 0 Å². The number of carbonyl (C=O) groups excluding carboxylic acids is 3. The Bertz CT molecular complexity index is 560. The molecule has 1 atom stereocenters. The summed E-state index contributed by atoms with van der Waals surface area (Å²) in [5.74, 6) is -0.829. The summed E-state index contributed by atoms with van der Waals surface area (Å²) < 4.78 is 4.95. The van der Waals surface area contributed by atoms with Crippen molar-refractivity contribution in [1.29, 1.82) is 0 Å². The van der Waals surface area contributed by atoms with Gasteiger partial charge in [-0.2, -0.15) is 0 Å². The standard InChI is InChI=1S/C14H20N4O4/c1-9(19)15-12-7-5-6-10(16-12)13(20)17-11(8-22-4)14(21)18(2)3/h5-7,11H,8H2,1-4H3,(H,17,20)(H,15,16,19). The lowest BCUT2D eigenvalue weighted by molar-refractivity contribution is -0.132. The summed E-state index contributed by atoms with van der Waals surface area (Å²) in [5, 5.41) is 5.06. The van der Waals surface area contributed by atoms with Crippen LogP contribution in [0.2, 0.25) is 0 Å². The summed E-state index contributed by atoms with van der Waals surface area (Å²) in [6.07, 6.45) is 0. The Morgan fingerprint density at radius 1 is 1.32 bits per heavy atom. The van der Waals surface area contributed by atoms with E-state index in [9.17, 15) is 14.4 Å². The minimum atomic E-state index is -0.807. The second-order valence-electron chi connectivity index (χ2n) is 4.80. The highest BCUT2D eigenvalue weighted by Crippen LogP contribution is 2.05. The number of hydrogen-bond acceptors (Lipinski definition) is 5. The van der Waals surface area contributed by atoms with Crippen molar-refractivity contribution in [2.75, 3.05) is 33.1 Å². The van der Waals surface area contributed by atoms with Gasteiger partial charge in [-0.25, -0.2) is 4.98 Å². The van der Waals surface area contributed by atoms with Crippen LogP contribution in [0.4, 0.5) is 5.82 Å². The summed E-state index contributed by atoms with van der Waals surface area (Å²) in [4.78, 5) is 40.5. The lowest BCUT2D eigenvalue weighted by Crippen LogP contribution is -2.49. The van der Waals surface area contributed by atoms with Crippen LogP contribution in [0.1, 0.15) is 17.4 Å². The van der Waals surface area contributed by atoms with Gasteiger partial charge in [0.2, 0.25) is 11.8 Å². The van der Waals surface area contributed by atoms with E-state index in [0.717, 1.165) is 0 Å². The van der Waals surface area contributed by atoms with Gasteiger partial charge in [0.15, 0.2) is 0 Å².